The molecular formula is C10H12IN5O. The summed E-state index contributed by atoms with van der Waals surface area (Å²) in [5.74, 6) is 0.539. The van der Waals surface area contributed by atoms with Crippen LogP contribution in [0.5, 0.6) is 0 Å². The van der Waals surface area contributed by atoms with E-state index in [2.05, 4.69) is 43.0 Å². The summed E-state index contributed by atoms with van der Waals surface area (Å²) >= 11 is 2.15. The van der Waals surface area contributed by atoms with E-state index in [1.165, 1.54) is 0 Å². The van der Waals surface area contributed by atoms with Crippen LogP contribution in [0.2, 0.25) is 0 Å². The third-order valence-electron chi connectivity index (χ3n) is 2.14. The van der Waals surface area contributed by atoms with E-state index in [9.17, 15) is 0 Å². The first kappa shape index (κ1) is 12.2. The molecule has 17 heavy (non-hydrogen) atoms. The van der Waals surface area contributed by atoms with Gasteiger partial charge in [0.1, 0.15) is 0 Å². The fraction of sp³-hybridized carbons (Fsp3) is 0.300. The monoisotopic (exact) mass is 345 g/mol. The molecular weight excluding hydrogens is 333 g/mol. The molecule has 0 aromatic carbocycles. The Labute approximate surface area is 112 Å². The number of anilines is 2. The molecule has 0 saturated heterocycles. The van der Waals surface area contributed by atoms with E-state index in [0.717, 1.165) is 15.0 Å². The average molecular weight is 345 g/mol. The van der Waals surface area contributed by atoms with Gasteiger partial charge in [0, 0.05) is 22.2 Å². The van der Waals surface area contributed by atoms with Gasteiger partial charge in [0.05, 0.1) is 24.5 Å². The molecule has 90 valence electrons. The first-order valence-electron chi connectivity index (χ1n) is 5.08. The summed E-state index contributed by atoms with van der Waals surface area (Å²) in [6.07, 6.45) is 5.31. The lowest BCUT2D eigenvalue weighted by molar-refractivity contribution is 0.269. The molecule has 2 aromatic heterocycles. The fourth-order valence-corrected chi connectivity index (χ4v) is 1.63. The van der Waals surface area contributed by atoms with Gasteiger partial charge in [0.25, 0.3) is 0 Å². The topological polar surface area (TPSA) is 75.9 Å². The number of nitrogens with one attached hydrogen (secondary N) is 1. The van der Waals surface area contributed by atoms with Crippen LogP contribution in [0.15, 0.2) is 18.6 Å². The number of aliphatic hydroxyl groups excluding tert-OH is 1. The van der Waals surface area contributed by atoms with Crippen LogP contribution in [-0.2, 0) is 6.54 Å². The third-order valence-corrected chi connectivity index (χ3v) is 2.70. The van der Waals surface area contributed by atoms with Gasteiger partial charge in [-0.3, -0.25) is 4.68 Å². The molecule has 0 spiro atoms. The van der Waals surface area contributed by atoms with E-state index in [0.29, 0.717) is 12.5 Å². The van der Waals surface area contributed by atoms with Crippen LogP contribution in [-0.4, -0.2) is 31.5 Å². The van der Waals surface area contributed by atoms with E-state index < -0.39 is 0 Å². The van der Waals surface area contributed by atoms with Crippen molar-refractivity contribution in [2.24, 2.45) is 0 Å². The number of aromatic nitrogens is 4. The zero-order valence-corrected chi connectivity index (χ0v) is 11.4. The predicted octanol–water partition coefficient (Wildman–Crippen LogP) is 1.32. The van der Waals surface area contributed by atoms with E-state index in [1.54, 1.807) is 17.1 Å². The van der Waals surface area contributed by atoms with Gasteiger partial charge >= 0.3 is 0 Å². The highest BCUT2D eigenvalue weighted by atomic mass is 127. The highest BCUT2D eigenvalue weighted by Crippen LogP contribution is 2.16. The number of halogens is 1. The Morgan fingerprint density at radius 1 is 1.41 bits per heavy atom. The summed E-state index contributed by atoms with van der Waals surface area (Å²) in [6, 6.07) is 0. The lowest BCUT2D eigenvalue weighted by Gasteiger charge is -2.01. The van der Waals surface area contributed by atoms with Gasteiger partial charge in [0.2, 0.25) is 5.95 Å². The molecule has 0 radical (unpaired) electrons. The van der Waals surface area contributed by atoms with Gasteiger partial charge in [-0.1, -0.05) is 0 Å². The first-order valence-corrected chi connectivity index (χ1v) is 6.16. The van der Waals surface area contributed by atoms with Crippen LogP contribution in [0.1, 0.15) is 5.69 Å². The maximum absolute atomic E-state index is 8.83. The lowest BCUT2D eigenvalue weighted by Crippen LogP contribution is -2.02. The minimum absolute atomic E-state index is 0.0700. The zero-order valence-electron chi connectivity index (χ0n) is 9.26. The SMILES string of the molecule is Cc1nn(CCO)cc1Nc1ncc(I)cn1. The second-order valence-corrected chi connectivity index (χ2v) is 4.71. The first-order chi connectivity index (χ1) is 8.19. The second-order valence-electron chi connectivity index (χ2n) is 3.46. The zero-order chi connectivity index (χ0) is 12.3. The maximum atomic E-state index is 8.83. The smallest absolute Gasteiger partial charge is 0.227 e. The van der Waals surface area contributed by atoms with E-state index in [1.807, 2.05) is 13.1 Å². The molecule has 2 rings (SSSR count). The molecule has 0 amide bonds. The van der Waals surface area contributed by atoms with Crippen molar-refractivity contribution in [3.63, 3.8) is 0 Å². The van der Waals surface area contributed by atoms with Crippen molar-refractivity contribution in [3.8, 4) is 0 Å². The number of rotatable bonds is 4. The van der Waals surface area contributed by atoms with Crippen molar-refractivity contribution >= 4 is 34.2 Å². The summed E-state index contributed by atoms with van der Waals surface area (Å²) in [4.78, 5) is 8.31. The van der Waals surface area contributed by atoms with Crippen LogP contribution in [0.4, 0.5) is 11.6 Å². The summed E-state index contributed by atoms with van der Waals surface area (Å²) in [6.45, 7) is 2.44. The van der Waals surface area contributed by atoms with E-state index >= 15 is 0 Å². The molecule has 0 aliphatic carbocycles. The molecule has 0 atom stereocenters. The van der Waals surface area contributed by atoms with Gasteiger partial charge in [-0.2, -0.15) is 5.10 Å². The van der Waals surface area contributed by atoms with Gasteiger partial charge in [-0.25, -0.2) is 9.97 Å². The van der Waals surface area contributed by atoms with Gasteiger partial charge in [-0.15, -0.1) is 0 Å². The van der Waals surface area contributed by atoms with Crippen molar-refractivity contribution in [1.29, 1.82) is 0 Å². The van der Waals surface area contributed by atoms with E-state index in [-0.39, 0.29) is 6.61 Å². The molecule has 0 aliphatic heterocycles. The number of nitrogens with zero attached hydrogens (tertiary/aromatic N) is 4. The van der Waals surface area contributed by atoms with Crippen LogP contribution in [0.25, 0.3) is 0 Å². The van der Waals surface area contributed by atoms with E-state index in [4.69, 9.17) is 5.11 Å². The molecule has 2 N–H and O–H groups in total. The molecule has 2 aromatic rings. The minimum Gasteiger partial charge on any atom is -0.394 e. The Bertz CT molecular complexity index is 496. The minimum atomic E-state index is 0.0700. The predicted molar refractivity (Wildman–Crippen MR) is 72.1 cm³/mol. The molecule has 0 saturated carbocycles. The summed E-state index contributed by atoms with van der Waals surface area (Å²) in [7, 11) is 0. The largest absolute Gasteiger partial charge is 0.394 e. The molecule has 6 nitrogen and oxygen atoms in total. The Balaban J connectivity index is 2.15. The van der Waals surface area contributed by atoms with Crippen LogP contribution in [0, 0.1) is 10.5 Å². The number of aryl methyl sites for hydroxylation is 1. The lowest BCUT2D eigenvalue weighted by atomic mass is 10.4. The molecule has 0 aliphatic rings. The Hall–Kier alpha value is -1.22. The van der Waals surface area contributed by atoms with Crippen molar-refractivity contribution < 1.29 is 5.11 Å². The Kier molecular flexibility index (Phi) is 3.89. The summed E-state index contributed by atoms with van der Waals surface area (Å²) in [5, 5.41) is 16.2. The quantitative estimate of drug-likeness (QED) is 0.818. The van der Waals surface area contributed by atoms with Gasteiger partial charge < -0.3 is 10.4 Å². The molecule has 0 unspecified atom stereocenters. The normalized spacial score (nSPS) is 10.5. The number of hydrogen-bond donors (Lipinski definition) is 2. The fourth-order valence-electron chi connectivity index (χ4n) is 1.35. The summed E-state index contributed by atoms with van der Waals surface area (Å²) < 4.78 is 2.67. The molecule has 2 heterocycles. The standard InChI is InChI=1S/C10H12IN5O/c1-7-9(6-16(15-7)2-3-17)14-10-12-4-8(11)5-13-10/h4-6,17H,2-3H2,1H3,(H,12,13,14). The van der Waals surface area contributed by atoms with Crippen molar-refractivity contribution in [2.45, 2.75) is 13.5 Å². The Morgan fingerprint density at radius 3 is 2.76 bits per heavy atom. The number of aliphatic hydroxyl groups is 1. The van der Waals surface area contributed by atoms with Gasteiger partial charge in [-0.05, 0) is 29.5 Å². The van der Waals surface area contributed by atoms with Crippen molar-refractivity contribution in [3.05, 3.63) is 27.9 Å². The second kappa shape index (κ2) is 5.41. The van der Waals surface area contributed by atoms with Crippen molar-refractivity contribution in [1.82, 2.24) is 19.7 Å². The molecule has 7 heteroatoms. The third kappa shape index (κ3) is 3.13. The molecule has 0 bridgehead atoms. The van der Waals surface area contributed by atoms with Crippen LogP contribution >= 0.6 is 22.6 Å². The van der Waals surface area contributed by atoms with Crippen molar-refractivity contribution in [2.75, 3.05) is 11.9 Å². The van der Waals surface area contributed by atoms with Crippen LogP contribution < -0.4 is 5.32 Å². The maximum Gasteiger partial charge on any atom is 0.227 e. The van der Waals surface area contributed by atoms with Gasteiger partial charge in [0.15, 0.2) is 0 Å². The average Bonchev–Trinajstić information content (AvgIpc) is 2.63. The van der Waals surface area contributed by atoms with Crippen LogP contribution in [0.3, 0.4) is 0 Å². The molecule has 0 fully saturated rings. The number of hydrogen-bond acceptors (Lipinski definition) is 5. The summed E-state index contributed by atoms with van der Waals surface area (Å²) in [5.41, 5.74) is 1.69. The highest BCUT2D eigenvalue weighted by Gasteiger charge is 2.06. The Morgan fingerprint density at radius 2 is 2.12 bits per heavy atom. The highest BCUT2D eigenvalue weighted by molar-refractivity contribution is 14.1.